The van der Waals surface area contributed by atoms with E-state index in [0.29, 0.717) is 17.1 Å². The van der Waals surface area contributed by atoms with Crippen molar-refractivity contribution in [1.29, 1.82) is 0 Å². The van der Waals surface area contributed by atoms with Crippen molar-refractivity contribution in [2.75, 3.05) is 19.1 Å². The van der Waals surface area contributed by atoms with Gasteiger partial charge >= 0.3 is 0 Å². The fourth-order valence-corrected chi connectivity index (χ4v) is 4.08. The number of hydrogen-bond acceptors (Lipinski definition) is 4. The molecule has 26 heavy (non-hydrogen) atoms. The molecule has 130 valence electrons. The third kappa shape index (κ3) is 2.70. The van der Waals surface area contributed by atoms with Gasteiger partial charge in [0.15, 0.2) is 0 Å². The summed E-state index contributed by atoms with van der Waals surface area (Å²) in [5, 5.41) is 0. The van der Waals surface area contributed by atoms with Crippen LogP contribution in [-0.2, 0) is 0 Å². The predicted molar refractivity (Wildman–Crippen MR) is 103 cm³/mol. The average Bonchev–Trinajstić information content (AvgIpc) is 2.70. The summed E-state index contributed by atoms with van der Waals surface area (Å²) in [5.41, 5.74) is 2.24. The highest BCUT2D eigenvalue weighted by atomic mass is 32.2. The number of para-hydroxylation sites is 2. The first-order valence-corrected chi connectivity index (χ1v) is 8.97. The molecule has 0 atom stereocenters. The zero-order valence-corrected chi connectivity index (χ0v) is 15.2. The first kappa shape index (κ1) is 16.5. The van der Waals surface area contributed by atoms with E-state index in [0.717, 1.165) is 21.2 Å². The number of anilines is 2. The van der Waals surface area contributed by atoms with Gasteiger partial charge in [0.05, 0.1) is 31.2 Å². The van der Waals surface area contributed by atoms with Crippen molar-refractivity contribution in [3.05, 3.63) is 72.3 Å². The Balaban J connectivity index is 1.87. The van der Waals surface area contributed by atoms with Gasteiger partial charge in [0.2, 0.25) is 0 Å². The Kier molecular flexibility index (Phi) is 4.31. The van der Waals surface area contributed by atoms with Crippen molar-refractivity contribution in [1.82, 2.24) is 0 Å². The molecule has 4 nitrogen and oxygen atoms in total. The van der Waals surface area contributed by atoms with Gasteiger partial charge in [-0.15, -0.1) is 0 Å². The number of amides is 1. The molecule has 0 aromatic heterocycles. The molecule has 4 rings (SSSR count). The SMILES string of the molecule is COc1ccc(C(=O)N2c3ccccc3Sc3ccccc32)c(OC)c1. The van der Waals surface area contributed by atoms with Crippen LogP contribution in [-0.4, -0.2) is 20.1 Å². The molecule has 0 saturated carbocycles. The highest BCUT2D eigenvalue weighted by Crippen LogP contribution is 2.48. The minimum atomic E-state index is -0.135. The molecule has 3 aromatic rings. The monoisotopic (exact) mass is 363 g/mol. The van der Waals surface area contributed by atoms with E-state index in [9.17, 15) is 4.79 Å². The largest absolute Gasteiger partial charge is 0.497 e. The van der Waals surface area contributed by atoms with Crippen LogP contribution < -0.4 is 14.4 Å². The lowest BCUT2D eigenvalue weighted by molar-refractivity contribution is 0.0995. The standard InChI is InChI=1S/C21H17NO3S/c1-24-14-11-12-15(18(13-14)25-2)21(23)22-16-7-3-5-9-19(16)26-20-10-6-4-8-17(20)22/h3-13H,1-2H3. The summed E-state index contributed by atoms with van der Waals surface area (Å²) in [7, 11) is 3.14. The predicted octanol–water partition coefficient (Wildman–Crippen LogP) is 5.15. The zero-order chi connectivity index (χ0) is 18.1. The van der Waals surface area contributed by atoms with Gasteiger partial charge in [-0.1, -0.05) is 36.0 Å². The van der Waals surface area contributed by atoms with E-state index in [-0.39, 0.29) is 5.91 Å². The molecular weight excluding hydrogens is 346 g/mol. The third-order valence-electron chi connectivity index (χ3n) is 4.27. The lowest BCUT2D eigenvalue weighted by Crippen LogP contribution is -2.28. The topological polar surface area (TPSA) is 38.8 Å². The van der Waals surface area contributed by atoms with Crippen molar-refractivity contribution < 1.29 is 14.3 Å². The Labute approximate surface area is 156 Å². The summed E-state index contributed by atoms with van der Waals surface area (Å²) in [6.45, 7) is 0. The smallest absolute Gasteiger partial charge is 0.266 e. The molecule has 0 radical (unpaired) electrons. The molecule has 0 unspecified atom stereocenters. The lowest BCUT2D eigenvalue weighted by Gasteiger charge is -2.31. The van der Waals surface area contributed by atoms with Gasteiger partial charge in [0, 0.05) is 15.9 Å². The summed E-state index contributed by atoms with van der Waals surface area (Å²) >= 11 is 1.67. The molecule has 1 aliphatic heterocycles. The normalized spacial score (nSPS) is 12.2. The van der Waals surface area contributed by atoms with Crippen molar-refractivity contribution in [2.45, 2.75) is 9.79 Å². The van der Waals surface area contributed by atoms with E-state index in [2.05, 4.69) is 0 Å². The van der Waals surface area contributed by atoms with Gasteiger partial charge < -0.3 is 9.47 Å². The summed E-state index contributed by atoms with van der Waals surface area (Å²) in [4.78, 5) is 17.4. The number of fused-ring (bicyclic) bond motifs is 2. The number of hydrogen-bond donors (Lipinski definition) is 0. The third-order valence-corrected chi connectivity index (χ3v) is 5.40. The molecule has 0 fully saturated rings. The molecular formula is C21H17NO3S. The van der Waals surface area contributed by atoms with E-state index in [1.165, 1.54) is 0 Å². The second-order valence-corrected chi connectivity index (χ2v) is 6.83. The van der Waals surface area contributed by atoms with E-state index in [1.807, 2.05) is 48.5 Å². The maximum atomic E-state index is 13.5. The first-order valence-electron chi connectivity index (χ1n) is 8.15. The van der Waals surface area contributed by atoms with E-state index in [1.54, 1.807) is 49.1 Å². The van der Waals surface area contributed by atoms with E-state index < -0.39 is 0 Å². The van der Waals surface area contributed by atoms with Crippen molar-refractivity contribution in [3.63, 3.8) is 0 Å². The van der Waals surface area contributed by atoms with Crippen LogP contribution >= 0.6 is 11.8 Å². The zero-order valence-electron chi connectivity index (χ0n) is 14.4. The van der Waals surface area contributed by atoms with Crippen molar-refractivity contribution >= 4 is 29.0 Å². The number of ether oxygens (including phenoxy) is 2. The van der Waals surface area contributed by atoms with Gasteiger partial charge in [0.25, 0.3) is 5.91 Å². The fourth-order valence-electron chi connectivity index (χ4n) is 3.02. The molecule has 3 aromatic carbocycles. The number of carbonyl (C=O) groups is 1. The Morgan fingerprint density at radius 3 is 2.04 bits per heavy atom. The van der Waals surface area contributed by atoms with E-state index in [4.69, 9.17) is 9.47 Å². The van der Waals surface area contributed by atoms with Gasteiger partial charge in [-0.2, -0.15) is 0 Å². The lowest BCUT2D eigenvalue weighted by atomic mass is 10.1. The molecule has 0 spiro atoms. The minimum Gasteiger partial charge on any atom is -0.497 e. The summed E-state index contributed by atoms with van der Waals surface area (Å²) < 4.78 is 10.7. The van der Waals surface area contributed by atoms with Gasteiger partial charge in [-0.25, -0.2) is 0 Å². The molecule has 1 amide bonds. The Bertz CT molecular complexity index is 941. The number of benzene rings is 3. The van der Waals surface area contributed by atoms with Crippen LogP contribution in [0.15, 0.2) is 76.5 Å². The van der Waals surface area contributed by atoms with Gasteiger partial charge in [0.1, 0.15) is 11.5 Å². The average molecular weight is 363 g/mol. The highest BCUT2D eigenvalue weighted by molar-refractivity contribution is 7.99. The van der Waals surface area contributed by atoms with Crippen LogP contribution in [0.5, 0.6) is 11.5 Å². The van der Waals surface area contributed by atoms with Crippen LogP contribution in [0.25, 0.3) is 0 Å². The maximum Gasteiger partial charge on any atom is 0.266 e. The molecule has 1 aliphatic rings. The summed E-state index contributed by atoms with van der Waals surface area (Å²) in [6.07, 6.45) is 0. The van der Waals surface area contributed by atoms with Crippen LogP contribution in [0.2, 0.25) is 0 Å². The Morgan fingerprint density at radius 2 is 1.46 bits per heavy atom. The number of methoxy groups -OCH3 is 2. The van der Waals surface area contributed by atoms with Crippen LogP contribution in [0.3, 0.4) is 0 Å². The van der Waals surface area contributed by atoms with Crippen LogP contribution in [0.4, 0.5) is 11.4 Å². The van der Waals surface area contributed by atoms with Gasteiger partial charge in [-0.3, -0.25) is 9.69 Å². The minimum absolute atomic E-state index is 0.135. The summed E-state index contributed by atoms with van der Waals surface area (Å²) in [5.74, 6) is 1.00. The van der Waals surface area contributed by atoms with Crippen molar-refractivity contribution in [3.8, 4) is 11.5 Å². The second-order valence-electron chi connectivity index (χ2n) is 5.74. The maximum absolute atomic E-state index is 13.5. The molecule has 0 aliphatic carbocycles. The quantitative estimate of drug-likeness (QED) is 0.645. The van der Waals surface area contributed by atoms with E-state index >= 15 is 0 Å². The number of nitrogens with zero attached hydrogens (tertiary/aromatic N) is 1. The molecule has 0 bridgehead atoms. The number of carbonyl (C=O) groups excluding carboxylic acids is 1. The molecule has 5 heteroatoms. The molecule has 0 saturated heterocycles. The Hall–Kier alpha value is -2.92. The summed E-state index contributed by atoms with van der Waals surface area (Å²) in [6, 6.07) is 21.1. The highest BCUT2D eigenvalue weighted by Gasteiger charge is 2.30. The second kappa shape index (κ2) is 6.77. The van der Waals surface area contributed by atoms with Crippen molar-refractivity contribution in [2.24, 2.45) is 0 Å². The number of rotatable bonds is 3. The van der Waals surface area contributed by atoms with Crippen LogP contribution in [0.1, 0.15) is 10.4 Å². The first-order chi connectivity index (χ1) is 12.7. The molecule has 0 N–H and O–H groups in total. The Morgan fingerprint density at radius 1 is 0.846 bits per heavy atom. The van der Waals surface area contributed by atoms with Crippen LogP contribution in [0, 0.1) is 0 Å². The fraction of sp³-hybridized carbons (Fsp3) is 0.0952. The molecule has 1 heterocycles. The van der Waals surface area contributed by atoms with Gasteiger partial charge in [-0.05, 0) is 36.4 Å².